The van der Waals surface area contributed by atoms with E-state index in [9.17, 15) is 21.6 Å². The van der Waals surface area contributed by atoms with E-state index >= 15 is 0 Å². The van der Waals surface area contributed by atoms with Crippen molar-refractivity contribution in [2.45, 2.75) is 11.1 Å². The van der Waals surface area contributed by atoms with Crippen LogP contribution in [0.5, 0.6) is 17.4 Å². The molecule has 0 saturated heterocycles. The molecule has 1 N–H and O–H groups in total. The molecule has 0 aliphatic carbocycles. The summed E-state index contributed by atoms with van der Waals surface area (Å²) in [6, 6.07) is 15.6. The second-order valence-electron chi connectivity index (χ2n) is 6.05. The van der Waals surface area contributed by atoms with Crippen LogP contribution in [0.25, 0.3) is 0 Å². The maximum absolute atomic E-state index is 12.7. The van der Waals surface area contributed by atoms with Gasteiger partial charge >= 0.3 is 6.18 Å². The fourth-order valence-corrected chi connectivity index (χ4v) is 3.46. The molecular weight excluding hydrogens is 435 g/mol. The van der Waals surface area contributed by atoms with Crippen LogP contribution in [-0.2, 0) is 10.0 Å². The molecule has 0 radical (unpaired) electrons. The molecule has 7 nitrogen and oxygen atoms in total. The molecular formula is C20H14F3N3O4S. The van der Waals surface area contributed by atoms with E-state index in [-0.39, 0.29) is 33.5 Å². The van der Waals surface area contributed by atoms with Crippen molar-refractivity contribution in [2.75, 3.05) is 11.3 Å². The van der Waals surface area contributed by atoms with E-state index in [0.717, 1.165) is 24.3 Å². The van der Waals surface area contributed by atoms with Gasteiger partial charge in [-0.3, -0.25) is 4.72 Å². The van der Waals surface area contributed by atoms with Gasteiger partial charge in [-0.05, 0) is 48.5 Å². The first kappa shape index (κ1) is 21.9. The van der Waals surface area contributed by atoms with Crippen molar-refractivity contribution in [3.8, 4) is 23.4 Å². The monoisotopic (exact) mass is 449 g/mol. The van der Waals surface area contributed by atoms with Crippen molar-refractivity contribution >= 4 is 15.7 Å². The summed E-state index contributed by atoms with van der Waals surface area (Å²) in [5, 5.41) is 9.15. The molecule has 2 aromatic carbocycles. The Kier molecular flexibility index (Phi) is 6.31. The lowest BCUT2D eigenvalue weighted by Crippen LogP contribution is -2.19. The SMILES string of the molecule is N#Cc1cccnc1Oc1ccccc1NS(=O)(=O)c1ccc(OCC(F)(F)F)cc1. The van der Waals surface area contributed by atoms with Crippen molar-refractivity contribution < 1.29 is 31.1 Å². The molecule has 0 aliphatic heterocycles. The lowest BCUT2D eigenvalue weighted by Gasteiger charge is -2.14. The lowest BCUT2D eigenvalue weighted by atomic mass is 10.3. The number of alkyl halides is 3. The second kappa shape index (κ2) is 8.93. The third kappa shape index (κ3) is 5.86. The van der Waals surface area contributed by atoms with Crippen LogP contribution in [0.2, 0.25) is 0 Å². The van der Waals surface area contributed by atoms with Crippen LogP contribution in [0, 0.1) is 11.3 Å². The Morgan fingerprint density at radius 1 is 1.03 bits per heavy atom. The Hall–Kier alpha value is -3.78. The van der Waals surface area contributed by atoms with Gasteiger partial charge in [0.15, 0.2) is 12.4 Å². The Morgan fingerprint density at radius 3 is 2.42 bits per heavy atom. The molecule has 0 aliphatic rings. The van der Waals surface area contributed by atoms with Crippen LogP contribution < -0.4 is 14.2 Å². The molecule has 3 aromatic rings. The van der Waals surface area contributed by atoms with E-state index in [1.54, 1.807) is 18.2 Å². The van der Waals surface area contributed by atoms with Gasteiger partial charge in [0.1, 0.15) is 17.4 Å². The molecule has 160 valence electrons. The van der Waals surface area contributed by atoms with E-state index in [4.69, 9.17) is 10.00 Å². The average molecular weight is 449 g/mol. The number of sulfonamides is 1. The summed E-state index contributed by atoms with van der Waals surface area (Å²) in [5.74, 6) is -0.0200. The third-order valence-corrected chi connectivity index (χ3v) is 5.15. The van der Waals surface area contributed by atoms with E-state index < -0.39 is 22.8 Å². The molecule has 31 heavy (non-hydrogen) atoms. The quantitative estimate of drug-likeness (QED) is 0.571. The number of benzene rings is 2. The number of ether oxygens (including phenoxy) is 2. The largest absolute Gasteiger partial charge is 0.484 e. The molecule has 11 heteroatoms. The highest BCUT2D eigenvalue weighted by Crippen LogP contribution is 2.31. The number of halogens is 3. The number of pyridine rings is 1. The first-order valence-corrected chi connectivity index (χ1v) is 10.1. The minimum absolute atomic E-state index is 0.00261. The molecule has 0 bridgehead atoms. The number of aromatic nitrogens is 1. The Morgan fingerprint density at radius 2 is 1.74 bits per heavy atom. The second-order valence-corrected chi connectivity index (χ2v) is 7.73. The number of para-hydroxylation sites is 2. The Balaban J connectivity index is 1.80. The molecule has 0 amide bonds. The molecule has 0 spiro atoms. The first-order valence-electron chi connectivity index (χ1n) is 8.62. The summed E-state index contributed by atoms with van der Waals surface area (Å²) in [6.07, 6.45) is -3.08. The Bertz CT molecular complexity index is 1210. The van der Waals surface area contributed by atoms with Crippen LogP contribution in [0.15, 0.2) is 71.8 Å². The van der Waals surface area contributed by atoms with Gasteiger partial charge in [0.25, 0.3) is 10.0 Å². The van der Waals surface area contributed by atoms with E-state index in [0.29, 0.717) is 0 Å². The van der Waals surface area contributed by atoms with E-state index in [1.807, 2.05) is 6.07 Å². The van der Waals surface area contributed by atoms with Gasteiger partial charge < -0.3 is 9.47 Å². The molecule has 1 aromatic heterocycles. The maximum atomic E-state index is 12.7. The summed E-state index contributed by atoms with van der Waals surface area (Å²) >= 11 is 0. The van der Waals surface area contributed by atoms with Gasteiger partial charge in [0.2, 0.25) is 5.88 Å². The fraction of sp³-hybridized carbons (Fsp3) is 0.100. The number of hydrogen-bond acceptors (Lipinski definition) is 6. The summed E-state index contributed by atoms with van der Waals surface area (Å²) in [4.78, 5) is 3.77. The highest BCUT2D eigenvalue weighted by molar-refractivity contribution is 7.92. The Labute approximate surface area is 175 Å². The number of rotatable bonds is 7. The summed E-state index contributed by atoms with van der Waals surface area (Å²) in [6.45, 7) is -1.49. The van der Waals surface area contributed by atoms with Crippen molar-refractivity contribution in [2.24, 2.45) is 0 Å². The fourth-order valence-electron chi connectivity index (χ4n) is 2.39. The van der Waals surface area contributed by atoms with Crippen molar-refractivity contribution in [1.29, 1.82) is 5.26 Å². The average Bonchev–Trinajstić information content (AvgIpc) is 2.74. The minimum Gasteiger partial charge on any atom is -0.484 e. The molecule has 0 unspecified atom stereocenters. The molecule has 0 fully saturated rings. The first-order chi connectivity index (χ1) is 14.7. The van der Waals surface area contributed by atoms with Crippen LogP contribution in [0.1, 0.15) is 5.56 Å². The van der Waals surface area contributed by atoms with Crippen LogP contribution in [-0.4, -0.2) is 26.2 Å². The third-order valence-electron chi connectivity index (χ3n) is 3.77. The van der Waals surface area contributed by atoms with Gasteiger partial charge in [-0.25, -0.2) is 13.4 Å². The highest BCUT2D eigenvalue weighted by Gasteiger charge is 2.28. The number of anilines is 1. The normalized spacial score (nSPS) is 11.4. The number of nitrogens with zero attached hydrogens (tertiary/aromatic N) is 2. The minimum atomic E-state index is -4.50. The zero-order valence-corrected chi connectivity index (χ0v) is 16.4. The van der Waals surface area contributed by atoms with Gasteiger partial charge in [-0.15, -0.1) is 0 Å². The molecule has 1 heterocycles. The summed E-state index contributed by atoms with van der Waals surface area (Å²) < 4.78 is 74.6. The van der Waals surface area contributed by atoms with Crippen molar-refractivity contribution in [1.82, 2.24) is 4.98 Å². The topological polar surface area (TPSA) is 101 Å². The van der Waals surface area contributed by atoms with Gasteiger partial charge in [0.05, 0.1) is 10.6 Å². The number of nitrogens with one attached hydrogen (secondary N) is 1. The lowest BCUT2D eigenvalue weighted by molar-refractivity contribution is -0.153. The standard InChI is InChI=1S/C20H14F3N3O4S/c21-20(22,23)13-29-15-7-9-16(10-8-15)31(27,28)26-17-5-1-2-6-18(17)30-19-14(12-24)4-3-11-25-19/h1-11,26H,13H2. The summed E-state index contributed by atoms with van der Waals surface area (Å²) in [5.41, 5.74) is 0.240. The maximum Gasteiger partial charge on any atom is 0.422 e. The van der Waals surface area contributed by atoms with Crippen LogP contribution >= 0.6 is 0 Å². The van der Waals surface area contributed by atoms with Crippen LogP contribution in [0.3, 0.4) is 0 Å². The summed E-state index contributed by atoms with van der Waals surface area (Å²) in [7, 11) is -4.10. The van der Waals surface area contributed by atoms with E-state index in [1.165, 1.54) is 24.4 Å². The number of nitriles is 1. The van der Waals surface area contributed by atoms with Gasteiger partial charge in [-0.1, -0.05) is 12.1 Å². The zero-order chi connectivity index (χ0) is 22.5. The molecule has 0 atom stereocenters. The predicted molar refractivity (Wildman–Crippen MR) is 104 cm³/mol. The molecule has 3 rings (SSSR count). The van der Waals surface area contributed by atoms with Gasteiger partial charge in [-0.2, -0.15) is 18.4 Å². The van der Waals surface area contributed by atoms with Gasteiger partial charge in [0, 0.05) is 6.20 Å². The van der Waals surface area contributed by atoms with Crippen molar-refractivity contribution in [3.63, 3.8) is 0 Å². The van der Waals surface area contributed by atoms with E-state index in [2.05, 4.69) is 14.4 Å². The van der Waals surface area contributed by atoms with Crippen molar-refractivity contribution in [3.05, 3.63) is 72.4 Å². The highest BCUT2D eigenvalue weighted by atomic mass is 32.2. The smallest absolute Gasteiger partial charge is 0.422 e. The predicted octanol–water partition coefficient (Wildman–Crippen LogP) is 4.49. The van der Waals surface area contributed by atoms with Crippen LogP contribution in [0.4, 0.5) is 18.9 Å². The number of hydrogen-bond donors (Lipinski definition) is 1. The zero-order valence-electron chi connectivity index (χ0n) is 15.6. The molecule has 0 saturated carbocycles.